The quantitative estimate of drug-likeness (QED) is 0.905. The molecule has 0 radical (unpaired) electrons. The first-order chi connectivity index (χ1) is 8.99. The minimum absolute atomic E-state index is 0.208. The van der Waals surface area contributed by atoms with Crippen molar-refractivity contribution < 1.29 is 14.6 Å². The average Bonchev–Trinajstić information content (AvgIpc) is 2.69. The molecule has 0 bridgehead atoms. The largest absolute Gasteiger partial charge is 0.497 e. The second kappa shape index (κ2) is 5.09. The van der Waals surface area contributed by atoms with Gasteiger partial charge in [-0.3, -0.25) is 9.67 Å². The van der Waals surface area contributed by atoms with Gasteiger partial charge >= 0.3 is 5.97 Å². The molecule has 0 fully saturated rings. The van der Waals surface area contributed by atoms with Gasteiger partial charge in [0.15, 0.2) is 0 Å². The summed E-state index contributed by atoms with van der Waals surface area (Å²) in [6.45, 7) is 3.96. The van der Waals surface area contributed by atoms with Crippen LogP contribution < -0.4 is 4.74 Å². The summed E-state index contributed by atoms with van der Waals surface area (Å²) in [4.78, 5) is 15.3. The van der Waals surface area contributed by atoms with Crippen molar-refractivity contribution in [3.8, 4) is 5.75 Å². The number of pyridine rings is 1. The predicted octanol–water partition coefficient (Wildman–Crippen LogP) is 1.65. The monoisotopic (exact) mass is 261 g/mol. The third kappa shape index (κ3) is 2.90. The molecule has 0 atom stereocenters. The van der Waals surface area contributed by atoms with E-state index in [-0.39, 0.29) is 5.56 Å². The second-order valence-corrected chi connectivity index (χ2v) is 4.27. The third-order valence-electron chi connectivity index (χ3n) is 2.72. The Kier molecular flexibility index (Phi) is 3.50. The summed E-state index contributed by atoms with van der Waals surface area (Å²) in [7, 11) is 1.60. The lowest BCUT2D eigenvalue weighted by molar-refractivity contribution is 0.0696. The molecule has 0 aliphatic rings. The van der Waals surface area contributed by atoms with Gasteiger partial charge in [0.1, 0.15) is 11.3 Å². The maximum Gasteiger partial charge on any atom is 0.339 e. The van der Waals surface area contributed by atoms with Gasteiger partial charge in [0.05, 0.1) is 25.0 Å². The second-order valence-electron chi connectivity index (χ2n) is 4.27. The molecule has 0 aliphatic heterocycles. The van der Waals surface area contributed by atoms with E-state index < -0.39 is 5.97 Å². The van der Waals surface area contributed by atoms with Crippen LogP contribution in [-0.2, 0) is 6.54 Å². The Morgan fingerprint density at radius 3 is 2.74 bits per heavy atom. The number of carboxylic acids is 1. The van der Waals surface area contributed by atoms with Gasteiger partial charge in [-0.05, 0) is 13.8 Å². The van der Waals surface area contributed by atoms with Crippen LogP contribution >= 0.6 is 0 Å². The molecule has 100 valence electrons. The minimum atomic E-state index is -0.974. The van der Waals surface area contributed by atoms with Gasteiger partial charge in [-0.25, -0.2) is 4.79 Å². The number of hydrogen-bond donors (Lipinski definition) is 1. The molecule has 0 spiro atoms. The van der Waals surface area contributed by atoms with Crippen LogP contribution in [-0.4, -0.2) is 33.0 Å². The fourth-order valence-corrected chi connectivity index (χ4v) is 1.88. The SMILES string of the molecule is COc1cc(C)nc(Cn2cc(C(=O)O)c(C)n2)c1. The van der Waals surface area contributed by atoms with E-state index in [9.17, 15) is 4.79 Å². The molecular formula is C13H15N3O3. The third-order valence-corrected chi connectivity index (χ3v) is 2.72. The number of methoxy groups -OCH3 is 1. The average molecular weight is 261 g/mol. The minimum Gasteiger partial charge on any atom is -0.497 e. The lowest BCUT2D eigenvalue weighted by atomic mass is 10.3. The first kappa shape index (κ1) is 13.1. The van der Waals surface area contributed by atoms with Gasteiger partial charge in [-0.15, -0.1) is 0 Å². The zero-order valence-electron chi connectivity index (χ0n) is 11.0. The van der Waals surface area contributed by atoms with Gasteiger partial charge in [0, 0.05) is 24.0 Å². The van der Waals surface area contributed by atoms with Gasteiger partial charge in [0.2, 0.25) is 0 Å². The van der Waals surface area contributed by atoms with Crippen LogP contribution in [0.3, 0.4) is 0 Å². The van der Waals surface area contributed by atoms with Crippen molar-refractivity contribution in [2.24, 2.45) is 0 Å². The van der Waals surface area contributed by atoms with E-state index in [1.54, 1.807) is 18.7 Å². The topological polar surface area (TPSA) is 77.2 Å². The molecule has 2 aromatic rings. The lowest BCUT2D eigenvalue weighted by Crippen LogP contribution is -2.04. The van der Waals surface area contributed by atoms with Crippen molar-refractivity contribution >= 4 is 5.97 Å². The summed E-state index contributed by atoms with van der Waals surface area (Å²) in [5, 5.41) is 13.1. The van der Waals surface area contributed by atoms with E-state index in [1.807, 2.05) is 19.1 Å². The highest BCUT2D eigenvalue weighted by atomic mass is 16.5. The molecule has 0 amide bonds. The predicted molar refractivity (Wildman–Crippen MR) is 68.6 cm³/mol. The smallest absolute Gasteiger partial charge is 0.339 e. The Morgan fingerprint density at radius 1 is 1.42 bits per heavy atom. The standard InChI is InChI=1S/C13H15N3O3/c1-8-4-11(19-3)5-10(14-8)6-16-7-12(13(17)18)9(2)15-16/h4-5,7H,6H2,1-3H3,(H,17,18). The summed E-state index contributed by atoms with van der Waals surface area (Å²) in [5.74, 6) is -0.247. The number of carbonyl (C=O) groups is 1. The van der Waals surface area contributed by atoms with Crippen LogP contribution in [0.25, 0.3) is 0 Å². The number of hydrogen-bond acceptors (Lipinski definition) is 4. The Balaban J connectivity index is 2.28. The number of nitrogens with zero attached hydrogens (tertiary/aromatic N) is 3. The van der Waals surface area contributed by atoms with Gasteiger partial charge in [-0.1, -0.05) is 0 Å². The van der Waals surface area contributed by atoms with E-state index in [0.29, 0.717) is 12.2 Å². The summed E-state index contributed by atoms with van der Waals surface area (Å²) in [5.41, 5.74) is 2.32. The molecule has 2 aromatic heterocycles. The molecule has 0 saturated heterocycles. The van der Waals surface area contributed by atoms with Crippen molar-refractivity contribution in [2.45, 2.75) is 20.4 Å². The highest BCUT2D eigenvalue weighted by Crippen LogP contribution is 2.15. The molecule has 0 unspecified atom stereocenters. The fraction of sp³-hybridized carbons (Fsp3) is 0.308. The van der Waals surface area contributed by atoms with Gasteiger partial charge in [0.25, 0.3) is 0 Å². The molecule has 2 heterocycles. The Labute approximate surface area is 110 Å². The van der Waals surface area contributed by atoms with Crippen LogP contribution in [0, 0.1) is 13.8 Å². The van der Waals surface area contributed by atoms with Gasteiger partial charge in [-0.2, -0.15) is 5.10 Å². The van der Waals surface area contributed by atoms with Crippen molar-refractivity contribution in [1.82, 2.24) is 14.8 Å². The number of aryl methyl sites for hydroxylation is 2. The number of ether oxygens (including phenoxy) is 1. The molecular weight excluding hydrogens is 246 g/mol. The molecule has 6 nitrogen and oxygen atoms in total. The first-order valence-electron chi connectivity index (χ1n) is 5.78. The lowest BCUT2D eigenvalue weighted by Gasteiger charge is -2.06. The van der Waals surface area contributed by atoms with Crippen molar-refractivity contribution in [3.63, 3.8) is 0 Å². The van der Waals surface area contributed by atoms with E-state index in [1.165, 1.54) is 6.20 Å². The molecule has 0 aromatic carbocycles. The van der Waals surface area contributed by atoms with Crippen LogP contribution in [0.1, 0.15) is 27.4 Å². The van der Waals surface area contributed by atoms with Crippen LogP contribution in [0.2, 0.25) is 0 Å². The number of rotatable bonds is 4. The molecule has 19 heavy (non-hydrogen) atoms. The molecule has 2 rings (SSSR count). The van der Waals surface area contributed by atoms with Crippen molar-refractivity contribution in [2.75, 3.05) is 7.11 Å². The Hall–Kier alpha value is -2.37. The zero-order chi connectivity index (χ0) is 14.0. The highest BCUT2D eigenvalue weighted by molar-refractivity contribution is 5.88. The summed E-state index contributed by atoms with van der Waals surface area (Å²) >= 11 is 0. The normalized spacial score (nSPS) is 10.5. The number of aromatic nitrogens is 3. The van der Waals surface area contributed by atoms with Crippen LogP contribution in [0.4, 0.5) is 0 Å². The number of carboxylic acid groups (broad SMARTS) is 1. The van der Waals surface area contributed by atoms with Gasteiger partial charge < -0.3 is 9.84 Å². The van der Waals surface area contributed by atoms with Crippen molar-refractivity contribution in [3.05, 3.63) is 41.0 Å². The maximum atomic E-state index is 11.0. The zero-order valence-corrected chi connectivity index (χ0v) is 11.0. The number of aromatic carboxylic acids is 1. The molecule has 0 saturated carbocycles. The summed E-state index contributed by atoms with van der Waals surface area (Å²) < 4.78 is 6.75. The summed E-state index contributed by atoms with van der Waals surface area (Å²) in [6.07, 6.45) is 1.51. The van der Waals surface area contributed by atoms with E-state index >= 15 is 0 Å². The first-order valence-corrected chi connectivity index (χ1v) is 5.78. The van der Waals surface area contributed by atoms with E-state index in [2.05, 4.69) is 10.1 Å². The van der Waals surface area contributed by atoms with E-state index in [4.69, 9.17) is 9.84 Å². The highest BCUT2D eigenvalue weighted by Gasteiger charge is 2.12. The molecule has 6 heteroatoms. The Morgan fingerprint density at radius 2 is 2.16 bits per heavy atom. The van der Waals surface area contributed by atoms with E-state index in [0.717, 1.165) is 17.1 Å². The van der Waals surface area contributed by atoms with Crippen LogP contribution in [0.5, 0.6) is 5.75 Å². The Bertz CT molecular complexity index is 620. The maximum absolute atomic E-state index is 11.0. The molecule has 1 N–H and O–H groups in total. The molecule has 0 aliphatic carbocycles. The fourth-order valence-electron chi connectivity index (χ4n) is 1.88. The van der Waals surface area contributed by atoms with Crippen molar-refractivity contribution in [1.29, 1.82) is 0 Å². The van der Waals surface area contributed by atoms with Crippen LogP contribution in [0.15, 0.2) is 18.3 Å². The summed E-state index contributed by atoms with van der Waals surface area (Å²) in [6, 6.07) is 3.64.